The highest BCUT2D eigenvalue weighted by molar-refractivity contribution is 7.09. The number of thiazole rings is 1. The first-order chi connectivity index (χ1) is 14.6. The molecule has 164 valence electrons. The van der Waals surface area contributed by atoms with Gasteiger partial charge >= 0.3 is 0 Å². The quantitative estimate of drug-likeness (QED) is 0.324. The summed E-state index contributed by atoms with van der Waals surface area (Å²) in [6.07, 6.45) is 1.69. The fraction of sp³-hybridized carbons (Fsp3) is 0.500. The molecule has 31 heavy (non-hydrogen) atoms. The van der Waals surface area contributed by atoms with Crippen molar-refractivity contribution in [1.29, 1.82) is 0 Å². The Bertz CT molecular complexity index is 1060. The molecule has 2 unspecified atom stereocenters. The third-order valence-electron chi connectivity index (χ3n) is 4.69. The van der Waals surface area contributed by atoms with Crippen molar-refractivity contribution in [2.24, 2.45) is 5.92 Å². The minimum absolute atomic E-state index is 0.133. The van der Waals surface area contributed by atoms with Gasteiger partial charge in [0.1, 0.15) is 5.01 Å². The average Bonchev–Trinajstić information content (AvgIpc) is 3.40. The fourth-order valence-corrected chi connectivity index (χ4v) is 3.30. The van der Waals surface area contributed by atoms with Crippen molar-refractivity contribution in [3.8, 4) is 41.4 Å². The molecule has 2 aromatic heterocycles. The second-order valence-corrected chi connectivity index (χ2v) is 8.48. The van der Waals surface area contributed by atoms with Crippen molar-refractivity contribution < 1.29 is 19.0 Å². The lowest BCUT2D eigenvalue weighted by Gasteiger charge is -2.28. The minimum atomic E-state index is -1.25. The van der Waals surface area contributed by atoms with Crippen molar-refractivity contribution in [2.45, 2.75) is 72.2 Å². The fourth-order valence-electron chi connectivity index (χ4n) is 2.62. The molecule has 3 atom stereocenters. The molecule has 0 radical (unpaired) electrons. The van der Waals surface area contributed by atoms with Crippen molar-refractivity contribution >= 4 is 11.3 Å². The smallest absolute Gasteiger partial charge is 0.255 e. The minimum Gasteiger partial charge on any atom is -0.456 e. The molecule has 2 heterocycles. The monoisotopic (exact) mass is 440 g/mol. The van der Waals surface area contributed by atoms with E-state index >= 15 is 0 Å². The molecule has 0 amide bonds. The number of nitrogens with zero attached hydrogens (tertiary/aromatic N) is 2. The van der Waals surface area contributed by atoms with Gasteiger partial charge in [0.05, 0.1) is 0 Å². The second kappa shape index (κ2) is 10.0. The Balaban J connectivity index is 2.31. The molecule has 2 rings (SSSR count). The molecule has 7 heteroatoms. The lowest BCUT2D eigenvalue weighted by Crippen LogP contribution is -2.36. The molecule has 0 aromatic carbocycles. The van der Waals surface area contributed by atoms with E-state index in [1.165, 1.54) is 11.3 Å². The maximum atomic E-state index is 6.05. The summed E-state index contributed by atoms with van der Waals surface area (Å²) in [5.41, 5.74) is -3.03. The van der Waals surface area contributed by atoms with E-state index in [0.717, 1.165) is 0 Å². The van der Waals surface area contributed by atoms with Gasteiger partial charge < -0.3 is 9.26 Å². The van der Waals surface area contributed by atoms with E-state index in [1.54, 1.807) is 46.9 Å². The van der Waals surface area contributed by atoms with Crippen molar-refractivity contribution in [3.05, 3.63) is 28.4 Å². The van der Waals surface area contributed by atoms with Gasteiger partial charge in [-0.15, -0.1) is 29.1 Å². The summed E-state index contributed by atoms with van der Waals surface area (Å²) in [5.74, 6) is 18.5. The van der Waals surface area contributed by atoms with Crippen LogP contribution in [0.1, 0.15) is 66.2 Å². The Hall–Kier alpha value is -2.76. The Morgan fingerprint density at radius 1 is 0.968 bits per heavy atom. The number of ether oxygens (including phenoxy) is 1. The van der Waals surface area contributed by atoms with Gasteiger partial charge in [0.2, 0.25) is 11.2 Å². The van der Waals surface area contributed by atoms with E-state index in [9.17, 15) is 0 Å². The van der Waals surface area contributed by atoms with Gasteiger partial charge in [-0.25, -0.2) is 14.8 Å². The third kappa shape index (κ3) is 5.69. The normalized spacial score (nSPS) is 16.3. The highest BCUT2D eigenvalue weighted by atomic mass is 32.1. The Kier molecular flexibility index (Phi) is 7.93. The zero-order valence-electron chi connectivity index (χ0n) is 19.2. The van der Waals surface area contributed by atoms with Crippen LogP contribution in [-0.4, -0.2) is 15.7 Å². The largest absolute Gasteiger partial charge is 0.456 e. The maximum absolute atomic E-state index is 6.05. The highest BCUT2D eigenvalue weighted by Crippen LogP contribution is 2.34. The van der Waals surface area contributed by atoms with E-state index in [2.05, 4.69) is 45.7 Å². The molecule has 0 aliphatic heterocycles. The first-order valence-electron chi connectivity index (χ1n) is 9.87. The van der Waals surface area contributed by atoms with Crippen LogP contribution >= 0.6 is 11.3 Å². The van der Waals surface area contributed by atoms with Crippen molar-refractivity contribution in [1.82, 2.24) is 10.1 Å². The number of rotatable bonds is 8. The van der Waals surface area contributed by atoms with Gasteiger partial charge in [-0.05, 0) is 46.7 Å². The van der Waals surface area contributed by atoms with E-state index in [0.29, 0.717) is 10.8 Å². The predicted octanol–water partition coefficient (Wildman–Crippen LogP) is 5.07. The first-order valence-corrected chi connectivity index (χ1v) is 10.7. The van der Waals surface area contributed by atoms with Gasteiger partial charge in [-0.1, -0.05) is 31.6 Å². The average molecular weight is 441 g/mol. The van der Waals surface area contributed by atoms with Crippen LogP contribution in [0.2, 0.25) is 0 Å². The van der Waals surface area contributed by atoms with Gasteiger partial charge in [-0.3, -0.25) is 0 Å². The molecule has 0 spiro atoms. The zero-order chi connectivity index (χ0) is 23.1. The SMILES string of the molecule is CC#CC(C)(OO[C@](C)(C#CC)c1cc(OC(C)(C#CC)C(C)C)no1)c1nccs1. The van der Waals surface area contributed by atoms with E-state index in [1.807, 2.05) is 26.2 Å². The lowest BCUT2D eigenvalue weighted by molar-refractivity contribution is -0.393. The second-order valence-electron chi connectivity index (χ2n) is 7.59. The van der Waals surface area contributed by atoms with Gasteiger partial charge in [0, 0.05) is 23.6 Å². The van der Waals surface area contributed by atoms with Gasteiger partial charge in [0.25, 0.3) is 5.88 Å². The van der Waals surface area contributed by atoms with Gasteiger partial charge in [-0.2, -0.15) is 0 Å². The molecular formula is C24H28N2O4S. The number of aromatic nitrogens is 2. The van der Waals surface area contributed by atoms with Crippen LogP contribution in [0, 0.1) is 41.4 Å². The Morgan fingerprint density at radius 3 is 2.13 bits per heavy atom. The zero-order valence-corrected chi connectivity index (χ0v) is 20.1. The van der Waals surface area contributed by atoms with Crippen LogP contribution < -0.4 is 4.74 Å². The van der Waals surface area contributed by atoms with Crippen molar-refractivity contribution in [2.75, 3.05) is 0 Å². The summed E-state index contributed by atoms with van der Waals surface area (Å²) in [6.45, 7) is 14.7. The van der Waals surface area contributed by atoms with Crippen LogP contribution in [0.4, 0.5) is 0 Å². The molecule has 2 aromatic rings. The standard InChI is InChI=1S/C24H28N2O4S/c1-9-12-22(6,18(4)5)27-20-17-19(28-26-20)23(7,13-10-2)29-30-24(8,14-11-3)21-25-15-16-31-21/h15-18H,1-8H3/t22?,23-,24?/m1/s1. The van der Waals surface area contributed by atoms with E-state index in [-0.39, 0.29) is 11.8 Å². The molecule has 0 fully saturated rings. The maximum Gasteiger partial charge on any atom is 0.255 e. The molecule has 0 saturated carbocycles. The highest BCUT2D eigenvalue weighted by Gasteiger charge is 2.39. The Morgan fingerprint density at radius 2 is 1.58 bits per heavy atom. The summed E-state index contributed by atoms with van der Waals surface area (Å²) in [4.78, 5) is 15.9. The van der Waals surface area contributed by atoms with Crippen LogP contribution in [0.15, 0.2) is 22.2 Å². The van der Waals surface area contributed by atoms with E-state index in [4.69, 9.17) is 19.0 Å². The van der Waals surface area contributed by atoms with Crippen LogP contribution in [0.5, 0.6) is 5.88 Å². The summed E-state index contributed by atoms with van der Waals surface area (Å²) in [7, 11) is 0. The van der Waals surface area contributed by atoms with Crippen molar-refractivity contribution in [3.63, 3.8) is 0 Å². The van der Waals surface area contributed by atoms with Gasteiger partial charge in [0.15, 0.2) is 11.4 Å². The number of hydrogen-bond donors (Lipinski definition) is 0. The summed E-state index contributed by atoms with van der Waals surface area (Å²) in [5, 5.41) is 6.56. The lowest BCUT2D eigenvalue weighted by atomic mass is 9.93. The molecule has 0 N–H and O–H groups in total. The van der Waals surface area contributed by atoms with Crippen LogP contribution in [0.25, 0.3) is 0 Å². The molecular weight excluding hydrogens is 412 g/mol. The van der Waals surface area contributed by atoms with Crippen LogP contribution in [-0.2, 0) is 21.0 Å². The first kappa shape index (κ1) is 24.5. The van der Waals surface area contributed by atoms with Crippen LogP contribution in [0.3, 0.4) is 0 Å². The summed E-state index contributed by atoms with van der Waals surface area (Å²) in [6, 6.07) is 1.64. The number of hydrogen-bond acceptors (Lipinski definition) is 7. The molecule has 6 nitrogen and oxygen atoms in total. The third-order valence-corrected chi connectivity index (χ3v) is 5.67. The molecule has 0 saturated heterocycles. The topological polar surface area (TPSA) is 66.6 Å². The van der Waals surface area contributed by atoms with E-state index < -0.39 is 16.8 Å². The summed E-state index contributed by atoms with van der Waals surface area (Å²) >= 11 is 1.42. The molecule has 0 bridgehead atoms. The summed E-state index contributed by atoms with van der Waals surface area (Å²) < 4.78 is 11.6. The molecule has 0 aliphatic rings. The Labute approximate surface area is 188 Å². The predicted molar refractivity (Wildman–Crippen MR) is 120 cm³/mol. The molecule has 0 aliphatic carbocycles.